The van der Waals surface area contributed by atoms with Crippen LogP contribution in [0.15, 0.2) is 18.2 Å². The van der Waals surface area contributed by atoms with Crippen LogP contribution in [0.5, 0.6) is 0 Å². The normalized spacial score (nSPS) is 23.1. The molecule has 1 heterocycles. The van der Waals surface area contributed by atoms with Crippen LogP contribution >= 0.6 is 0 Å². The zero-order valence-corrected chi connectivity index (χ0v) is 11.4. The van der Waals surface area contributed by atoms with Crippen LogP contribution in [-0.2, 0) is 16.9 Å². The Morgan fingerprint density at radius 1 is 1.35 bits per heavy atom. The summed E-state index contributed by atoms with van der Waals surface area (Å²) in [5.74, 6) is 0. The molecule has 0 radical (unpaired) electrons. The van der Waals surface area contributed by atoms with Gasteiger partial charge in [0.2, 0.25) is 0 Å². The molecule has 94 valence electrons. The fourth-order valence-electron chi connectivity index (χ4n) is 2.61. The largest absolute Gasteiger partial charge is 0.366 e. The SMILES string of the molecule is Cc1ccc2c(c1)COC2(C)CCCN(C)C. The third kappa shape index (κ3) is 2.70. The quantitative estimate of drug-likeness (QED) is 0.792. The molecule has 0 saturated carbocycles. The van der Waals surface area contributed by atoms with Crippen LogP contribution in [0, 0.1) is 6.92 Å². The number of hydrogen-bond acceptors (Lipinski definition) is 2. The zero-order valence-electron chi connectivity index (χ0n) is 11.4. The summed E-state index contributed by atoms with van der Waals surface area (Å²) in [6.07, 6.45) is 2.28. The van der Waals surface area contributed by atoms with Gasteiger partial charge in [-0.05, 0) is 58.5 Å². The van der Waals surface area contributed by atoms with E-state index in [1.165, 1.54) is 23.1 Å². The molecular formula is C15H23NO. The van der Waals surface area contributed by atoms with Crippen LogP contribution in [0.2, 0.25) is 0 Å². The van der Waals surface area contributed by atoms with Gasteiger partial charge in [-0.15, -0.1) is 0 Å². The highest BCUT2D eigenvalue weighted by molar-refractivity contribution is 5.37. The van der Waals surface area contributed by atoms with E-state index in [9.17, 15) is 0 Å². The van der Waals surface area contributed by atoms with Crippen molar-refractivity contribution in [2.24, 2.45) is 0 Å². The summed E-state index contributed by atoms with van der Waals surface area (Å²) in [6.45, 7) is 6.27. The molecule has 1 aliphatic rings. The Morgan fingerprint density at radius 2 is 2.12 bits per heavy atom. The molecule has 1 aliphatic heterocycles. The van der Waals surface area contributed by atoms with E-state index < -0.39 is 0 Å². The molecule has 0 amide bonds. The molecule has 0 spiro atoms. The average Bonchev–Trinajstić information content (AvgIpc) is 2.56. The van der Waals surface area contributed by atoms with Gasteiger partial charge in [0.15, 0.2) is 0 Å². The summed E-state index contributed by atoms with van der Waals surface area (Å²) in [7, 11) is 4.24. The van der Waals surface area contributed by atoms with Crippen molar-refractivity contribution in [2.45, 2.75) is 38.9 Å². The lowest BCUT2D eigenvalue weighted by Crippen LogP contribution is -2.23. The second-order valence-electron chi connectivity index (χ2n) is 5.59. The summed E-state index contributed by atoms with van der Waals surface area (Å²) >= 11 is 0. The Bertz CT molecular complexity index is 400. The molecule has 0 bridgehead atoms. The number of hydrogen-bond donors (Lipinski definition) is 0. The van der Waals surface area contributed by atoms with Crippen LogP contribution in [-0.4, -0.2) is 25.5 Å². The number of benzene rings is 1. The lowest BCUT2D eigenvalue weighted by atomic mass is 9.89. The first-order chi connectivity index (χ1) is 8.01. The molecule has 17 heavy (non-hydrogen) atoms. The lowest BCUT2D eigenvalue weighted by molar-refractivity contribution is -0.0317. The molecule has 0 fully saturated rings. The van der Waals surface area contributed by atoms with Crippen LogP contribution in [0.3, 0.4) is 0 Å². The van der Waals surface area contributed by atoms with E-state index in [0.717, 1.165) is 19.6 Å². The molecule has 0 saturated heterocycles. The van der Waals surface area contributed by atoms with Crippen molar-refractivity contribution in [2.75, 3.05) is 20.6 Å². The number of fused-ring (bicyclic) bond motifs is 1. The van der Waals surface area contributed by atoms with Crippen LogP contribution in [0.1, 0.15) is 36.5 Å². The second-order valence-corrected chi connectivity index (χ2v) is 5.59. The van der Waals surface area contributed by atoms with Gasteiger partial charge in [0.25, 0.3) is 0 Å². The topological polar surface area (TPSA) is 12.5 Å². The van der Waals surface area contributed by atoms with E-state index in [1.54, 1.807) is 0 Å². The van der Waals surface area contributed by atoms with Gasteiger partial charge in [0, 0.05) is 0 Å². The summed E-state index contributed by atoms with van der Waals surface area (Å²) in [6, 6.07) is 6.69. The van der Waals surface area contributed by atoms with Crippen molar-refractivity contribution < 1.29 is 4.74 Å². The predicted molar refractivity (Wildman–Crippen MR) is 71.1 cm³/mol. The van der Waals surface area contributed by atoms with E-state index in [0.29, 0.717) is 0 Å². The molecule has 1 unspecified atom stereocenters. The molecule has 0 aliphatic carbocycles. The molecular weight excluding hydrogens is 210 g/mol. The van der Waals surface area contributed by atoms with Crippen molar-refractivity contribution in [1.82, 2.24) is 4.90 Å². The number of rotatable bonds is 4. The van der Waals surface area contributed by atoms with Crippen LogP contribution in [0.4, 0.5) is 0 Å². The maximum absolute atomic E-state index is 6.03. The first-order valence-corrected chi connectivity index (χ1v) is 6.40. The van der Waals surface area contributed by atoms with Crippen molar-refractivity contribution in [1.29, 1.82) is 0 Å². The Hall–Kier alpha value is -0.860. The summed E-state index contributed by atoms with van der Waals surface area (Å²) < 4.78 is 6.03. The second kappa shape index (κ2) is 4.79. The van der Waals surface area contributed by atoms with E-state index in [4.69, 9.17) is 4.74 Å². The van der Waals surface area contributed by atoms with E-state index >= 15 is 0 Å². The minimum Gasteiger partial charge on any atom is -0.366 e. The highest BCUT2D eigenvalue weighted by Gasteiger charge is 2.34. The van der Waals surface area contributed by atoms with Gasteiger partial charge in [0.05, 0.1) is 12.2 Å². The highest BCUT2D eigenvalue weighted by Crippen LogP contribution is 2.39. The average molecular weight is 233 g/mol. The molecule has 1 aromatic carbocycles. The number of ether oxygens (including phenoxy) is 1. The van der Waals surface area contributed by atoms with Gasteiger partial charge in [-0.1, -0.05) is 23.8 Å². The van der Waals surface area contributed by atoms with Crippen LogP contribution < -0.4 is 0 Å². The number of aryl methyl sites for hydroxylation is 1. The molecule has 2 rings (SSSR count). The Labute approximate surface area is 105 Å². The predicted octanol–water partition coefficient (Wildman–Crippen LogP) is 3.08. The molecule has 2 heteroatoms. The maximum Gasteiger partial charge on any atom is 0.0911 e. The summed E-state index contributed by atoms with van der Waals surface area (Å²) in [5.41, 5.74) is 4.02. The number of nitrogens with zero attached hydrogens (tertiary/aromatic N) is 1. The zero-order chi connectivity index (χ0) is 12.5. The summed E-state index contributed by atoms with van der Waals surface area (Å²) in [4.78, 5) is 2.23. The van der Waals surface area contributed by atoms with Gasteiger partial charge in [-0.2, -0.15) is 0 Å². The Kier molecular flexibility index (Phi) is 3.55. The van der Waals surface area contributed by atoms with Gasteiger partial charge in [-0.25, -0.2) is 0 Å². The fourth-order valence-corrected chi connectivity index (χ4v) is 2.61. The minimum absolute atomic E-state index is 0.0704. The fraction of sp³-hybridized carbons (Fsp3) is 0.600. The van der Waals surface area contributed by atoms with Crippen molar-refractivity contribution in [3.63, 3.8) is 0 Å². The highest BCUT2D eigenvalue weighted by atomic mass is 16.5. The van der Waals surface area contributed by atoms with Crippen molar-refractivity contribution in [3.8, 4) is 0 Å². The van der Waals surface area contributed by atoms with Gasteiger partial charge >= 0.3 is 0 Å². The first-order valence-electron chi connectivity index (χ1n) is 6.40. The summed E-state index contributed by atoms with van der Waals surface area (Å²) in [5, 5.41) is 0. The third-order valence-corrected chi connectivity index (χ3v) is 3.64. The third-order valence-electron chi connectivity index (χ3n) is 3.64. The van der Waals surface area contributed by atoms with Gasteiger partial charge < -0.3 is 9.64 Å². The first kappa shape index (κ1) is 12.6. The lowest BCUT2D eigenvalue weighted by Gasteiger charge is -2.25. The van der Waals surface area contributed by atoms with Crippen molar-refractivity contribution >= 4 is 0 Å². The van der Waals surface area contributed by atoms with Crippen molar-refractivity contribution in [3.05, 3.63) is 34.9 Å². The van der Waals surface area contributed by atoms with E-state index in [-0.39, 0.29) is 5.60 Å². The maximum atomic E-state index is 6.03. The molecule has 1 aromatic rings. The molecule has 0 N–H and O–H groups in total. The monoisotopic (exact) mass is 233 g/mol. The standard InChI is InChI=1S/C15H23NO/c1-12-6-7-14-13(10-12)11-17-15(14,2)8-5-9-16(3)4/h6-7,10H,5,8-9,11H2,1-4H3. The Balaban J connectivity index is 2.08. The van der Waals surface area contributed by atoms with Gasteiger partial charge in [0.1, 0.15) is 0 Å². The molecule has 2 nitrogen and oxygen atoms in total. The minimum atomic E-state index is -0.0704. The van der Waals surface area contributed by atoms with Gasteiger partial charge in [-0.3, -0.25) is 0 Å². The van der Waals surface area contributed by atoms with E-state index in [2.05, 4.69) is 51.0 Å². The molecule has 0 aromatic heterocycles. The van der Waals surface area contributed by atoms with Crippen LogP contribution in [0.25, 0.3) is 0 Å². The molecule has 1 atom stereocenters. The van der Waals surface area contributed by atoms with E-state index in [1.807, 2.05) is 0 Å². The Morgan fingerprint density at radius 3 is 2.82 bits per heavy atom. The smallest absolute Gasteiger partial charge is 0.0911 e.